The molecule has 0 spiro atoms. The van der Waals surface area contributed by atoms with Crippen molar-refractivity contribution in [2.24, 2.45) is 5.92 Å². The van der Waals surface area contributed by atoms with E-state index in [4.69, 9.17) is 0 Å². The highest BCUT2D eigenvalue weighted by Crippen LogP contribution is 2.25. The van der Waals surface area contributed by atoms with Crippen molar-refractivity contribution in [2.75, 3.05) is 19.6 Å². The van der Waals surface area contributed by atoms with Crippen LogP contribution >= 0.6 is 11.3 Å². The molecule has 17 heavy (non-hydrogen) atoms. The number of rotatable bonds is 2. The van der Waals surface area contributed by atoms with Crippen molar-refractivity contribution in [3.05, 3.63) is 21.9 Å². The number of nitrogens with one attached hydrogen (secondary N) is 1. The third-order valence-electron chi connectivity index (χ3n) is 4.27. The Kier molecular flexibility index (Phi) is 3.50. The molecule has 3 rings (SSSR count). The van der Waals surface area contributed by atoms with Gasteiger partial charge in [-0.2, -0.15) is 0 Å². The van der Waals surface area contributed by atoms with Crippen LogP contribution in [0.15, 0.2) is 11.4 Å². The Balaban J connectivity index is 1.60. The third-order valence-corrected chi connectivity index (χ3v) is 5.29. The van der Waals surface area contributed by atoms with Crippen molar-refractivity contribution in [2.45, 2.75) is 38.8 Å². The van der Waals surface area contributed by atoms with Gasteiger partial charge in [-0.25, -0.2) is 0 Å². The Morgan fingerprint density at radius 2 is 2.47 bits per heavy atom. The maximum atomic E-state index is 3.69. The molecule has 0 aromatic carbocycles. The van der Waals surface area contributed by atoms with Crippen LogP contribution in [0.2, 0.25) is 0 Å². The quantitative estimate of drug-likeness (QED) is 0.867. The highest BCUT2D eigenvalue weighted by molar-refractivity contribution is 7.10. The van der Waals surface area contributed by atoms with E-state index in [2.05, 4.69) is 28.6 Å². The summed E-state index contributed by atoms with van der Waals surface area (Å²) in [5.41, 5.74) is 1.57. The van der Waals surface area contributed by atoms with E-state index in [0.717, 1.165) is 5.92 Å². The van der Waals surface area contributed by atoms with Crippen LogP contribution in [0.1, 0.15) is 30.2 Å². The van der Waals surface area contributed by atoms with Gasteiger partial charge in [0.25, 0.3) is 0 Å². The molecule has 0 amide bonds. The highest BCUT2D eigenvalue weighted by atomic mass is 32.1. The molecule has 3 heteroatoms. The summed E-state index contributed by atoms with van der Waals surface area (Å²) in [5.74, 6) is 0.840. The molecule has 2 atom stereocenters. The Morgan fingerprint density at radius 3 is 3.35 bits per heavy atom. The van der Waals surface area contributed by atoms with E-state index in [0.29, 0.717) is 6.04 Å². The summed E-state index contributed by atoms with van der Waals surface area (Å²) in [6, 6.07) is 3.02. The first-order valence-corrected chi connectivity index (χ1v) is 7.72. The summed E-state index contributed by atoms with van der Waals surface area (Å²) >= 11 is 1.93. The number of hydrogen-bond acceptors (Lipinski definition) is 3. The molecule has 2 aliphatic heterocycles. The summed E-state index contributed by atoms with van der Waals surface area (Å²) < 4.78 is 0. The van der Waals surface area contributed by atoms with Gasteiger partial charge >= 0.3 is 0 Å². The fourth-order valence-electron chi connectivity index (χ4n) is 3.10. The molecule has 1 fully saturated rings. The van der Waals surface area contributed by atoms with Crippen molar-refractivity contribution in [3.8, 4) is 0 Å². The Morgan fingerprint density at radius 1 is 1.53 bits per heavy atom. The Hall–Kier alpha value is -0.380. The van der Waals surface area contributed by atoms with Crippen molar-refractivity contribution < 1.29 is 0 Å². The second-order valence-electron chi connectivity index (χ2n) is 5.53. The van der Waals surface area contributed by atoms with Crippen molar-refractivity contribution >= 4 is 11.3 Å². The first-order chi connectivity index (χ1) is 8.33. The number of nitrogens with zero attached hydrogens (tertiary/aromatic N) is 1. The highest BCUT2D eigenvalue weighted by Gasteiger charge is 2.25. The van der Waals surface area contributed by atoms with E-state index in [1.165, 1.54) is 45.4 Å². The molecule has 1 N–H and O–H groups in total. The fourth-order valence-corrected chi connectivity index (χ4v) is 3.99. The van der Waals surface area contributed by atoms with Gasteiger partial charge in [0.1, 0.15) is 0 Å². The molecule has 0 aliphatic carbocycles. The van der Waals surface area contributed by atoms with Crippen LogP contribution in [-0.2, 0) is 13.0 Å². The van der Waals surface area contributed by atoms with E-state index in [1.807, 2.05) is 11.3 Å². The molecule has 0 saturated carbocycles. The van der Waals surface area contributed by atoms with Gasteiger partial charge in [0.15, 0.2) is 0 Å². The molecule has 3 heterocycles. The van der Waals surface area contributed by atoms with Crippen LogP contribution in [0, 0.1) is 5.92 Å². The molecule has 1 saturated heterocycles. The Labute approximate surface area is 108 Å². The maximum Gasteiger partial charge on any atom is 0.0245 e. The minimum Gasteiger partial charge on any atom is -0.312 e. The van der Waals surface area contributed by atoms with E-state index in [-0.39, 0.29) is 0 Å². The van der Waals surface area contributed by atoms with E-state index in [9.17, 15) is 0 Å². The van der Waals surface area contributed by atoms with Crippen molar-refractivity contribution in [1.29, 1.82) is 0 Å². The van der Waals surface area contributed by atoms with Gasteiger partial charge in [0, 0.05) is 30.6 Å². The van der Waals surface area contributed by atoms with E-state index < -0.39 is 0 Å². The molecule has 1 aromatic rings. The van der Waals surface area contributed by atoms with Crippen LogP contribution in [-0.4, -0.2) is 30.6 Å². The lowest BCUT2D eigenvalue weighted by atomic mass is 9.92. The SMILES string of the molecule is CC1CCCNC1CN1CCc2sccc2C1. The molecule has 2 unspecified atom stereocenters. The van der Waals surface area contributed by atoms with Crippen LogP contribution in [0.4, 0.5) is 0 Å². The smallest absolute Gasteiger partial charge is 0.0245 e. The molecule has 94 valence electrons. The van der Waals surface area contributed by atoms with Gasteiger partial charge in [-0.15, -0.1) is 11.3 Å². The summed E-state index contributed by atoms with van der Waals surface area (Å²) in [4.78, 5) is 4.25. The first kappa shape index (κ1) is 11.7. The standard InChI is InChI=1S/C14H22N2S/c1-11-3-2-6-15-13(11)10-16-7-4-14-12(9-16)5-8-17-14/h5,8,11,13,15H,2-4,6-7,9-10H2,1H3. The fraction of sp³-hybridized carbons (Fsp3) is 0.714. The zero-order chi connectivity index (χ0) is 11.7. The summed E-state index contributed by atoms with van der Waals surface area (Å²) in [6.07, 6.45) is 4.01. The second kappa shape index (κ2) is 5.09. The largest absolute Gasteiger partial charge is 0.312 e. The van der Waals surface area contributed by atoms with Crippen molar-refractivity contribution in [3.63, 3.8) is 0 Å². The lowest BCUT2D eigenvalue weighted by Crippen LogP contribution is -2.48. The van der Waals surface area contributed by atoms with Gasteiger partial charge in [-0.3, -0.25) is 4.90 Å². The zero-order valence-corrected chi connectivity index (χ0v) is 11.4. The number of fused-ring (bicyclic) bond motifs is 1. The molecule has 2 aliphatic rings. The van der Waals surface area contributed by atoms with Gasteiger partial charge in [-0.1, -0.05) is 6.92 Å². The summed E-state index contributed by atoms with van der Waals surface area (Å²) in [5, 5.41) is 5.94. The predicted molar refractivity (Wildman–Crippen MR) is 73.5 cm³/mol. The predicted octanol–water partition coefficient (Wildman–Crippen LogP) is 2.49. The van der Waals surface area contributed by atoms with Crippen LogP contribution in [0.25, 0.3) is 0 Å². The topological polar surface area (TPSA) is 15.3 Å². The first-order valence-electron chi connectivity index (χ1n) is 6.84. The zero-order valence-electron chi connectivity index (χ0n) is 10.6. The Bertz CT molecular complexity index is 374. The molecular weight excluding hydrogens is 228 g/mol. The van der Waals surface area contributed by atoms with E-state index in [1.54, 1.807) is 10.4 Å². The lowest BCUT2D eigenvalue weighted by molar-refractivity contribution is 0.180. The molecule has 0 radical (unpaired) electrons. The van der Waals surface area contributed by atoms with Crippen LogP contribution in [0.3, 0.4) is 0 Å². The molecular formula is C14H22N2S. The van der Waals surface area contributed by atoms with Gasteiger partial charge in [-0.05, 0) is 48.7 Å². The molecule has 1 aromatic heterocycles. The summed E-state index contributed by atoms with van der Waals surface area (Å²) in [6.45, 7) is 7.27. The van der Waals surface area contributed by atoms with Gasteiger partial charge in [0.2, 0.25) is 0 Å². The van der Waals surface area contributed by atoms with Crippen LogP contribution < -0.4 is 5.32 Å². The van der Waals surface area contributed by atoms with Crippen LogP contribution in [0.5, 0.6) is 0 Å². The number of thiophene rings is 1. The minimum atomic E-state index is 0.712. The number of piperidine rings is 1. The lowest BCUT2D eigenvalue weighted by Gasteiger charge is -2.36. The van der Waals surface area contributed by atoms with Gasteiger partial charge in [0.05, 0.1) is 0 Å². The minimum absolute atomic E-state index is 0.712. The van der Waals surface area contributed by atoms with Gasteiger partial charge < -0.3 is 5.32 Å². The summed E-state index contributed by atoms with van der Waals surface area (Å²) in [7, 11) is 0. The molecule has 0 bridgehead atoms. The van der Waals surface area contributed by atoms with Crippen molar-refractivity contribution in [1.82, 2.24) is 10.2 Å². The number of hydrogen-bond donors (Lipinski definition) is 1. The average molecular weight is 250 g/mol. The maximum absolute atomic E-state index is 3.69. The van der Waals surface area contributed by atoms with E-state index >= 15 is 0 Å². The monoisotopic (exact) mass is 250 g/mol. The normalized spacial score (nSPS) is 30.2. The molecule has 2 nitrogen and oxygen atoms in total. The third kappa shape index (κ3) is 2.56. The average Bonchev–Trinajstić information content (AvgIpc) is 2.79. The second-order valence-corrected chi connectivity index (χ2v) is 6.53.